The van der Waals surface area contributed by atoms with E-state index in [2.05, 4.69) is 142 Å². The Morgan fingerprint density at radius 2 is 0.525 bits per heavy atom. The van der Waals surface area contributed by atoms with Crippen LogP contribution < -0.4 is 0 Å². The molecule has 0 aliphatic carbocycles. The third kappa shape index (κ3) is 76.9. The number of rotatable bonds is 75. The van der Waals surface area contributed by atoms with Crippen molar-refractivity contribution in [2.24, 2.45) is 0 Å². The molecule has 0 aromatic heterocycles. The highest BCUT2D eigenvalue weighted by Crippen LogP contribution is 2.45. The fraction of sp³-hybridized carbons (Fsp3) is 0.723. The summed E-state index contributed by atoms with van der Waals surface area (Å²) >= 11 is 0. The third-order valence-electron chi connectivity index (χ3n) is 16.7. The van der Waals surface area contributed by atoms with Crippen LogP contribution >= 0.6 is 15.6 Å². The van der Waals surface area contributed by atoms with Gasteiger partial charge in [-0.2, -0.15) is 0 Å². The van der Waals surface area contributed by atoms with Crippen molar-refractivity contribution in [1.82, 2.24) is 0 Å². The first-order chi connectivity index (χ1) is 49.2. The lowest BCUT2D eigenvalue weighted by atomic mass is 10.0. The Kier molecular flexibility index (Phi) is 72.6. The Bertz CT molecular complexity index is 2320. The van der Waals surface area contributed by atoms with Crippen LogP contribution in [0, 0.1) is 0 Å². The van der Waals surface area contributed by atoms with Crippen LogP contribution in [0.3, 0.4) is 0 Å². The van der Waals surface area contributed by atoms with Crippen molar-refractivity contribution in [1.29, 1.82) is 0 Å². The van der Waals surface area contributed by atoms with Gasteiger partial charge in [-0.3, -0.25) is 32.5 Å². The molecule has 582 valence electrons. The number of aliphatic hydroxyl groups excluding tert-OH is 2. The topological polar surface area (TPSA) is 231 Å². The van der Waals surface area contributed by atoms with Gasteiger partial charge in [-0.15, -0.1) is 0 Å². The highest BCUT2D eigenvalue weighted by molar-refractivity contribution is 7.47. The van der Waals surface area contributed by atoms with Crippen molar-refractivity contribution in [3.8, 4) is 0 Å². The van der Waals surface area contributed by atoms with Gasteiger partial charge in [-0.1, -0.05) is 322 Å². The Hall–Kier alpha value is -4.05. The van der Waals surface area contributed by atoms with E-state index in [0.29, 0.717) is 19.3 Å². The van der Waals surface area contributed by atoms with E-state index in [9.17, 15) is 43.5 Å². The minimum Gasteiger partial charge on any atom is -0.463 e. The summed E-state index contributed by atoms with van der Waals surface area (Å²) in [6.45, 7) is 2.46. The molecule has 0 radical (unpaired) electrons. The fourth-order valence-corrected chi connectivity index (χ4v) is 12.3. The molecule has 4 N–H and O–H groups in total. The van der Waals surface area contributed by atoms with E-state index in [1.807, 2.05) is 0 Å². The van der Waals surface area contributed by atoms with Crippen molar-refractivity contribution in [2.45, 2.75) is 347 Å². The van der Waals surface area contributed by atoms with Crippen molar-refractivity contribution in [3.05, 3.63) is 122 Å². The summed E-state index contributed by atoms with van der Waals surface area (Å²) in [6.07, 6.45) is 89.6. The summed E-state index contributed by atoms with van der Waals surface area (Å²) in [5.74, 6) is -1.59. The van der Waals surface area contributed by atoms with Gasteiger partial charge in [0.1, 0.15) is 25.4 Å². The molecule has 0 saturated carbocycles. The molecule has 0 aromatic rings. The molecule has 0 aliphatic heterocycles. The third-order valence-corrected chi connectivity index (χ3v) is 18.6. The highest BCUT2D eigenvalue weighted by atomic mass is 31.2. The lowest BCUT2D eigenvalue weighted by Crippen LogP contribution is -2.30. The average Bonchev–Trinajstić information content (AvgIpc) is 1.14. The Morgan fingerprint density at radius 3 is 0.832 bits per heavy atom. The Labute approximate surface area is 614 Å². The van der Waals surface area contributed by atoms with Crippen molar-refractivity contribution < 1.29 is 75.8 Å². The van der Waals surface area contributed by atoms with E-state index in [0.717, 1.165) is 148 Å². The normalized spacial score (nSPS) is 14.6. The quantitative estimate of drug-likeness (QED) is 0.0146. The van der Waals surface area contributed by atoms with Gasteiger partial charge >= 0.3 is 33.6 Å². The second-order valence-corrected chi connectivity index (χ2v) is 29.4. The number of hydrogen-bond donors (Lipinski definition) is 4. The maximum atomic E-state index is 13.0. The summed E-state index contributed by atoms with van der Waals surface area (Å²) in [6, 6.07) is 0. The molecule has 0 spiro atoms. The summed E-state index contributed by atoms with van der Waals surface area (Å²) < 4.78 is 61.2. The minimum absolute atomic E-state index is 0.102. The fourth-order valence-electron chi connectivity index (χ4n) is 10.7. The molecule has 0 fully saturated rings. The SMILES string of the molecule is CC/C=C\C/C=C\C/C=C\C/C=C\C/C=C\CCCCCCCCCCCCCCCC(=O)OCC(O)COP(=O)(O)OCC(O)COP(=O)(O)OCC(COC(=O)CCCCCCC/C=C\C/C=C\C/C=C\C/C=C\C/C=C\CC)OC(=O)CCCCCCCCCCCCCCCCC. The second kappa shape index (κ2) is 75.6. The van der Waals surface area contributed by atoms with Gasteiger partial charge < -0.3 is 34.2 Å². The first-order valence-corrected chi connectivity index (χ1v) is 42.8. The van der Waals surface area contributed by atoms with Gasteiger partial charge in [0, 0.05) is 19.3 Å². The zero-order valence-electron chi connectivity index (χ0n) is 63.5. The smallest absolute Gasteiger partial charge is 0.463 e. The van der Waals surface area contributed by atoms with Crippen LogP contribution in [0.1, 0.15) is 329 Å². The van der Waals surface area contributed by atoms with E-state index in [1.54, 1.807) is 0 Å². The van der Waals surface area contributed by atoms with Crippen molar-refractivity contribution in [3.63, 3.8) is 0 Å². The number of hydrogen-bond acceptors (Lipinski definition) is 14. The predicted molar refractivity (Wildman–Crippen MR) is 417 cm³/mol. The van der Waals surface area contributed by atoms with Gasteiger partial charge in [0.15, 0.2) is 6.10 Å². The lowest BCUT2D eigenvalue weighted by molar-refractivity contribution is -0.161. The molecular formula is C83H144O16P2. The number of phosphoric ester groups is 2. The molecule has 5 unspecified atom stereocenters. The Morgan fingerprint density at radius 1 is 0.287 bits per heavy atom. The zero-order chi connectivity index (χ0) is 73.7. The first kappa shape index (κ1) is 97.0. The molecule has 0 saturated heterocycles. The number of unbranched alkanes of at least 4 members (excludes halogenated alkanes) is 32. The maximum absolute atomic E-state index is 13.0. The molecule has 101 heavy (non-hydrogen) atoms. The number of allylic oxidation sites excluding steroid dienone is 20. The maximum Gasteiger partial charge on any atom is 0.472 e. The van der Waals surface area contributed by atoms with Crippen molar-refractivity contribution >= 4 is 33.6 Å². The summed E-state index contributed by atoms with van der Waals surface area (Å²) in [5.41, 5.74) is 0. The molecule has 0 aromatic carbocycles. The number of phosphoric acid groups is 2. The van der Waals surface area contributed by atoms with Crippen LogP contribution in [0.5, 0.6) is 0 Å². The van der Waals surface area contributed by atoms with Gasteiger partial charge in [0.2, 0.25) is 0 Å². The largest absolute Gasteiger partial charge is 0.472 e. The molecule has 16 nitrogen and oxygen atoms in total. The van der Waals surface area contributed by atoms with Crippen LogP contribution in [-0.4, -0.2) is 95.9 Å². The van der Waals surface area contributed by atoms with Crippen LogP contribution in [0.15, 0.2) is 122 Å². The van der Waals surface area contributed by atoms with Crippen LogP contribution in [0.4, 0.5) is 0 Å². The molecule has 0 amide bonds. The van der Waals surface area contributed by atoms with Gasteiger partial charge in [0.25, 0.3) is 0 Å². The zero-order valence-corrected chi connectivity index (χ0v) is 65.3. The number of ether oxygens (including phenoxy) is 3. The van der Waals surface area contributed by atoms with Crippen LogP contribution in [0.2, 0.25) is 0 Å². The second-order valence-electron chi connectivity index (χ2n) is 26.5. The molecule has 0 rings (SSSR count). The lowest BCUT2D eigenvalue weighted by Gasteiger charge is -2.21. The highest BCUT2D eigenvalue weighted by Gasteiger charge is 2.29. The van der Waals surface area contributed by atoms with E-state index >= 15 is 0 Å². The Balaban J connectivity index is 4.53. The summed E-state index contributed by atoms with van der Waals surface area (Å²) in [5, 5.41) is 20.6. The van der Waals surface area contributed by atoms with E-state index in [4.69, 9.17) is 32.3 Å². The molecule has 0 bridgehead atoms. The monoisotopic (exact) mass is 1460 g/mol. The summed E-state index contributed by atoms with van der Waals surface area (Å²) in [7, 11) is -9.79. The average molecular weight is 1460 g/mol. The number of carbonyl (C=O) groups excluding carboxylic acids is 3. The first-order valence-electron chi connectivity index (χ1n) is 39.8. The molecule has 0 heterocycles. The van der Waals surface area contributed by atoms with Crippen molar-refractivity contribution in [2.75, 3.05) is 39.6 Å². The summed E-state index contributed by atoms with van der Waals surface area (Å²) in [4.78, 5) is 58.7. The standard InChI is InChI=1S/C83H144O16P2/c1-4-7-10-13-16-19-22-25-28-30-32-34-35-36-37-38-39-40-41-43-45-46-49-51-54-57-60-63-66-69-81(86)93-72-78(84)73-95-100(89,90)96-74-79(85)75-97-101(91,92)98-77-80(99-83(88)71-68-65-62-59-56-53-48-27-24-21-18-15-12-9-6-3)76-94-82(87)70-67-64-61-58-55-52-50-47-44-42-33-31-29-26-23-20-17-14-11-8-5-2/h7-8,10-11,16-17,19-20,25-26,28-29,32-34,36-37,42,47,50,78-80,84-85H,4-6,9,12-15,18,21-24,27,30-31,35,38-41,43-46,48-49,51-77H2,1-3H3,(H,89,90)(H,91,92)/b10-7-,11-8-,19-16-,20-17-,28-25-,29-26-,34-32-,37-36-,42-33-,50-47-. The van der Waals surface area contributed by atoms with Crippen LogP contribution in [0.25, 0.3) is 0 Å². The number of esters is 3. The number of aliphatic hydroxyl groups is 2. The molecular weight excluding hydrogens is 1310 g/mol. The van der Waals surface area contributed by atoms with E-state index in [-0.39, 0.29) is 19.3 Å². The number of carbonyl (C=O) groups is 3. The van der Waals surface area contributed by atoms with E-state index < -0.39 is 91.5 Å². The minimum atomic E-state index is -4.93. The molecule has 5 atom stereocenters. The van der Waals surface area contributed by atoms with Gasteiger partial charge in [-0.25, -0.2) is 9.13 Å². The van der Waals surface area contributed by atoms with Crippen LogP contribution in [-0.2, 0) is 55.8 Å². The van der Waals surface area contributed by atoms with Gasteiger partial charge in [-0.05, 0) is 109 Å². The molecule has 0 aliphatic rings. The van der Waals surface area contributed by atoms with E-state index in [1.165, 1.54) is 122 Å². The molecule has 18 heteroatoms. The van der Waals surface area contributed by atoms with Gasteiger partial charge in [0.05, 0.1) is 26.4 Å². The predicted octanol–water partition coefficient (Wildman–Crippen LogP) is 23.3.